The molecule has 4 nitrogen and oxygen atoms in total. The molecular formula is C15H24N2O2S. The Morgan fingerprint density at radius 1 is 1.35 bits per heavy atom. The lowest BCUT2D eigenvalue weighted by molar-refractivity contribution is 0.0636. The Kier molecular flexibility index (Phi) is 4.70. The lowest BCUT2D eigenvalue weighted by Crippen LogP contribution is -2.30. The summed E-state index contributed by atoms with van der Waals surface area (Å²) in [7, 11) is 2.16. The monoisotopic (exact) mass is 296 g/mol. The van der Waals surface area contributed by atoms with Crippen molar-refractivity contribution in [3.05, 3.63) is 16.3 Å². The average Bonchev–Trinajstić information content (AvgIpc) is 2.75. The summed E-state index contributed by atoms with van der Waals surface area (Å²) < 4.78 is 5.32. The highest BCUT2D eigenvalue weighted by Gasteiger charge is 2.23. The van der Waals surface area contributed by atoms with Crippen molar-refractivity contribution in [2.75, 3.05) is 25.5 Å². The summed E-state index contributed by atoms with van der Waals surface area (Å²) in [5.74, 6) is 0.544. The molecule has 0 atom stereocenters. The molecule has 0 spiro atoms. The molecule has 0 unspecified atom stereocenters. The number of amides is 1. The Morgan fingerprint density at radius 2 is 2.00 bits per heavy atom. The molecule has 2 heterocycles. The molecule has 1 aromatic rings. The van der Waals surface area contributed by atoms with Gasteiger partial charge in [0.05, 0.1) is 5.69 Å². The lowest BCUT2D eigenvalue weighted by atomic mass is 9.90. The Labute approximate surface area is 125 Å². The van der Waals surface area contributed by atoms with Crippen LogP contribution in [0.5, 0.6) is 0 Å². The average molecular weight is 296 g/mol. The number of hydrogen-bond acceptors (Lipinski definition) is 4. The van der Waals surface area contributed by atoms with Gasteiger partial charge in [-0.2, -0.15) is 0 Å². The van der Waals surface area contributed by atoms with Gasteiger partial charge in [-0.3, -0.25) is 5.32 Å². The molecule has 0 saturated carbocycles. The summed E-state index contributed by atoms with van der Waals surface area (Å²) in [5, 5.41) is 7.04. The van der Waals surface area contributed by atoms with Crippen LogP contribution in [0.1, 0.15) is 45.1 Å². The van der Waals surface area contributed by atoms with Crippen molar-refractivity contribution in [3.63, 3.8) is 0 Å². The maximum Gasteiger partial charge on any atom is 0.412 e. The fourth-order valence-electron chi connectivity index (χ4n) is 2.46. The number of nitrogens with zero attached hydrogens (tertiary/aromatic N) is 1. The Bertz CT molecular complexity index is 457. The molecule has 1 aliphatic rings. The van der Waals surface area contributed by atoms with Gasteiger partial charge in [0.2, 0.25) is 0 Å². The number of carbonyl (C=O) groups excluding carboxylic acids is 1. The number of anilines is 1. The predicted octanol–water partition coefficient (Wildman–Crippen LogP) is 3.90. The van der Waals surface area contributed by atoms with Crippen LogP contribution in [0.3, 0.4) is 0 Å². The molecule has 0 bridgehead atoms. The largest absolute Gasteiger partial charge is 0.444 e. The standard InChI is InChI=1S/C15H24N2O2S/c1-15(2,3)19-14(18)16-13-10-20-9-12(13)11-5-7-17(4)8-6-11/h9-11H,5-8H2,1-4H3,(H,16,18). The molecule has 5 heteroatoms. The third-order valence-corrected chi connectivity index (χ3v) is 4.25. The van der Waals surface area contributed by atoms with E-state index < -0.39 is 5.60 Å². The van der Waals surface area contributed by atoms with Crippen LogP contribution in [0.25, 0.3) is 0 Å². The third kappa shape index (κ3) is 4.21. The quantitative estimate of drug-likeness (QED) is 0.900. The maximum atomic E-state index is 11.9. The molecule has 1 aromatic heterocycles. The van der Waals surface area contributed by atoms with Crippen LogP contribution < -0.4 is 5.32 Å². The molecule has 0 aliphatic carbocycles. The second-order valence-electron chi connectivity index (χ2n) is 6.45. The van der Waals surface area contributed by atoms with Gasteiger partial charge < -0.3 is 9.64 Å². The van der Waals surface area contributed by atoms with E-state index in [0.29, 0.717) is 5.92 Å². The summed E-state index contributed by atoms with van der Waals surface area (Å²) in [5.41, 5.74) is 1.71. The minimum atomic E-state index is -0.464. The van der Waals surface area contributed by atoms with Crippen molar-refractivity contribution in [2.45, 2.75) is 45.1 Å². The fourth-order valence-corrected chi connectivity index (χ4v) is 3.32. The smallest absolute Gasteiger partial charge is 0.412 e. The Morgan fingerprint density at radius 3 is 2.60 bits per heavy atom. The molecular weight excluding hydrogens is 272 g/mol. The van der Waals surface area contributed by atoms with Crippen molar-refractivity contribution >= 4 is 23.1 Å². The van der Waals surface area contributed by atoms with Crippen molar-refractivity contribution in [2.24, 2.45) is 0 Å². The minimum absolute atomic E-state index is 0.370. The van der Waals surface area contributed by atoms with Gasteiger partial charge in [0.25, 0.3) is 0 Å². The van der Waals surface area contributed by atoms with E-state index in [1.807, 2.05) is 26.2 Å². The van der Waals surface area contributed by atoms with Crippen LogP contribution >= 0.6 is 11.3 Å². The Hall–Kier alpha value is -1.07. The van der Waals surface area contributed by atoms with Crippen LogP contribution in [-0.4, -0.2) is 36.7 Å². The summed E-state index contributed by atoms with van der Waals surface area (Å²) >= 11 is 1.64. The molecule has 1 saturated heterocycles. The molecule has 1 amide bonds. The van der Waals surface area contributed by atoms with Crippen LogP contribution in [0.15, 0.2) is 10.8 Å². The first-order valence-corrected chi connectivity index (χ1v) is 8.04. The Balaban J connectivity index is 2.00. The van der Waals surface area contributed by atoms with Crippen molar-refractivity contribution in [1.29, 1.82) is 0 Å². The van der Waals surface area contributed by atoms with Crippen molar-refractivity contribution in [3.8, 4) is 0 Å². The van der Waals surface area contributed by atoms with E-state index in [0.717, 1.165) is 31.6 Å². The normalized spacial score (nSPS) is 18.0. The van der Waals surface area contributed by atoms with Gasteiger partial charge in [-0.25, -0.2) is 4.79 Å². The van der Waals surface area contributed by atoms with E-state index in [2.05, 4.69) is 22.6 Å². The van der Waals surface area contributed by atoms with Gasteiger partial charge >= 0.3 is 6.09 Å². The minimum Gasteiger partial charge on any atom is -0.444 e. The topological polar surface area (TPSA) is 41.6 Å². The van der Waals surface area contributed by atoms with E-state index in [1.165, 1.54) is 5.56 Å². The zero-order valence-corrected chi connectivity index (χ0v) is 13.5. The van der Waals surface area contributed by atoms with Crippen LogP contribution in [0, 0.1) is 0 Å². The number of piperidine rings is 1. The van der Waals surface area contributed by atoms with Gasteiger partial charge in [-0.15, -0.1) is 11.3 Å². The van der Waals surface area contributed by atoms with Crippen LogP contribution in [-0.2, 0) is 4.74 Å². The predicted molar refractivity (Wildman–Crippen MR) is 83.6 cm³/mol. The first kappa shape index (κ1) is 15.3. The van der Waals surface area contributed by atoms with Gasteiger partial charge in [-0.1, -0.05) is 0 Å². The lowest BCUT2D eigenvalue weighted by Gasteiger charge is -2.29. The summed E-state index contributed by atoms with van der Waals surface area (Å²) in [4.78, 5) is 14.2. The van der Waals surface area contributed by atoms with Crippen LogP contribution in [0.2, 0.25) is 0 Å². The van der Waals surface area contributed by atoms with Crippen molar-refractivity contribution < 1.29 is 9.53 Å². The highest BCUT2D eigenvalue weighted by molar-refractivity contribution is 7.08. The van der Waals surface area contributed by atoms with Gasteiger partial charge in [0, 0.05) is 5.38 Å². The van der Waals surface area contributed by atoms with E-state index >= 15 is 0 Å². The number of rotatable bonds is 2. The molecule has 20 heavy (non-hydrogen) atoms. The number of carbonyl (C=O) groups is 1. The first-order valence-electron chi connectivity index (χ1n) is 7.10. The summed E-state index contributed by atoms with van der Waals surface area (Å²) in [6, 6.07) is 0. The number of hydrogen-bond donors (Lipinski definition) is 1. The van der Waals surface area contributed by atoms with Gasteiger partial charge in [-0.05, 0) is 70.6 Å². The highest BCUT2D eigenvalue weighted by Crippen LogP contribution is 2.35. The number of likely N-dealkylation sites (tertiary alicyclic amines) is 1. The van der Waals surface area contributed by atoms with E-state index in [1.54, 1.807) is 11.3 Å². The molecule has 112 valence electrons. The molecule has 1 fully saturated rings. The molecule has 0 radical (unpaired) electrons. The van der Waals surface area contributed by atoms with E-state index in [9.17, 15) is 4.79 Å². The molecule has 2 rings (SSSR count). The van der Waals surface area contributed by atoms with E-state index in [4.69, 9.17) is 4.74 Å². The van der Waals surface area contributed by atoms with Crippen molar-refractivity contribution in [1.82, 2.24) is 4.90 Å². The second kappa shape index (κ2) is 6.14. The highest BCUT2D eigenvalue weighted by atomic mass is 32.1. The van der Waals surface area contributed by atoms with Crippen LogP contribution in [0.4, 0.5) is 10.5 Å². The second-order valence-corrected chi connectivity index (χ2v) is 7.19. The SMILES string of the molecule is CN1CCC(c2cscc2NC(=O)OC(C)(C)C)CC1. The van der Waals surface area contributed by atoms with E-state index in [-0.39, 0.29) is 6.09 Å². The molecule has 1 N–H and O–H groups in total. The van der Waals surface area contributed by atoms with Gasteiger partial charge in [0.15, 0.2) is 0 Å². The molecule has 0 aromatic carbocycles. The zero-order valence-electron chi connectivity index (χ0n) is 12.7. The summed E-state index contributed by atoms with van der Waals surface area (Å²) in [6.07, 6.45) is 1.93. The zero-order chi connectivity index (χ0) is 14.8. The number of ether oxygens (including phenoxy) is 1. The fraction of sp³-hybridized carbons (Fsp3) is 0.667. The number of thiophene rings is 1. The summed E-state index contributed by atoms with van der Waals surface area (Å²) in [6.45, 7) is 7.85. The van der Waals surface area contributed by atoms with Gasteiger partial charge in [0.1, 0.15) is 5.60 Å². The third-order valence-electron chi connectivity index (χ3n) is 3.49. The first-order chi connectivity index (χ1) is 9.35. The molecule has 1 aliphatic heterocycles. The number of nitrogens with one attached hydrogen (secondary N) is 1. The maximum absolute atomic E-state index is 11.9.